The van der Waals surface area contributed by atoms with E-state index in [1.807, 2.05) is 14.0 Å². The first kappa shape index (κ1) is 25.7. The van der Waals surface area contributed by atoms with E-state index < -0.39 is 10.0 Å². The smallest absolute Gasteiger partial charge is 0.243 e. The van der Waals surface area contributed by atoms with Crippen molar-refractivity contribution < 1.29 is 13.2 Å². The Bertz CT molecular complexity index is 983. The number of hydrogen-bond donors (Lipinski definition) is 3. The minimum atomic E-state index is -3.60. The monoisotopic (exact) mass is 510 g/mol. The van der Waals surface area contributed by atoms with E-state index in [4.69, 9.17) is 17.0 Å². The van der Waals surface area contributed by atoms with Gasteiger partial charge in [-0.25, -0.2) is 13.4 Å². The Balaban J connectivity index is 1.63. The number of benzene rings is 1. The Labute approximate surface area is 209 Å². The van der Waals surface area contributed by atoms with Gasteiger partial charge >= 0.3 is 0 Å². The van der Waals surface area contributed by atoms with E-state index >= 15 is 0 Å². The Morgan fingerprint density at radius 2 is 1.88 bits per heavy atom. The molecule has 9 nitrogen and oxygen atoms in total. The van der Waals surface area contributed by atoms with Crippen molar-refractivity contribution >= 4 is 27.2 Å². The van der Waals surface area contributed by atoms with Crippen molar-refractivity contribution in [2.24, 2.45) is 0 Å². The van der Waals surface area contributed by atoms with Crippen molar-refractivity contribution in [3.05, 3.63) is 23.8 Å². The molecule has 0 spiro atoms. The lowest BCUT2D eigenvalue weighted by molar-refractivity contribution is 0.196. The molecule has 0 radical (unpaired) electrons. The van der Waals surface area contributed by atoms with Gasteiger partial charge in [-0.15, -0.1) is 0 Å². The first-order valence-electron chi connectivity index (χ1n) is 12.3. The van der Waals surface area contributed by atoms with Crippen LogP contribution < -0.4 is 20.8 Å². The third-order valence-corrected chi connectivity index (χ3v) is 9.34. The predicted octanol–water partition coefficient (Wildman–Crippen LogP) is 1.29. The van der Waals surface area contributed by atoms with Crippen molar-refractivity contribution in [3.8, 4) is 5.75 Å². The highest BCUT2D eigenvalue weighted by Crippen LogP contribution is 2.33. The summed E-state index contributed by atoms with van der Waals surface area (Å²) in [6.45, 7) is 10.1. The largest absolute Gasteiger partial charge is 0.493 e. The summed E-state index contributed by atoms with van der Waals surface area (Å²) in [5.41, 5.74) is 4.30. The quantitative estimate of drug-likeness (QED) is 0.448. The Morgan fingerprint density at radius 3 is 2.53 bits per heavy atom. The summed E-state index contributed by atoms with van der Waals surface area (Å²) in [5, 5.41) is 9.18. The highest BCUT2D eigenvalue weighted by molar-refractivity contribution is 7.89. The molecule has 4 unspecified atom stereocenters. The predicted molar refractivity (Wildman–Crippen MR) is 137 cm³/mol. The van der Waals surface area contributed by atoms with Gasteiger partial charge in [-0.1, -0.05) is 32.5 Å². The van der Waals surface area contributed by atoms with Crippen LogP contribution in [0.2, 0.25) is 0 Å². The lowest BCUT2D eigenvalue weighted by Crippen LogP contribution is -2.62. The van der Waals surface area contributed by atoms with E-state index in [2.05, 4.69) is 39.8 Å². The van der Waals surface area contributed by atoms with Gasteiger partial charge < -0.3 is 15.0 Å². The number of hydrazine groups is 1. The van der Waals surface area contributed by atoms with Crippen LogP contribution in [0, 0.1) is 0 Å². The third-order valence-electron chi connectivity index (χ3n) is 7.08. The van der Waals surface area contributed by atoms with E-state index in [9.17, 15) is 8.42 Å². The number of fused-ring (bicyclic) bond motifs is 1. The zero-order valence-corrected chi connectivity index (χ0v) is 22.2. The summed E-state index contributed by atoms with van der Waals surface area (Å²) in [7, 11) is -1.59. The fourth-order valence-corrected chi connectivity index (χ4v) is 7.13. The molecule has 4 rings (SSSR count). The normalized spacial score (nSPS) is 29.1. The zero-order chi connectivity index (χ0) is 24.5. The van der Waals surface area contributed by atoms with Crippen LogP contribution in [0.5, 0.6) is 5.75 Å². The van der Waals surface area contributed by atoms with E-state index in [0.717, 1.165) is 43.0 Å². The van der Waals surface area contributed by atoms with Gasteiger partial charge in [0.15, 0.2) is 0 Å². The molecule has 3 heterocycles. The number of rotatable bonds is 8. The molecule has 0 amide bonds. The molecular weight excluding hydrogens is 472 g/mol. The topological polar surface area (TPSA) is 89.2 Å². The molecule has 0 aromatic heterocycles. The number of likely N-dealkylation sites (N-methyl/N-ethyl adjacent to an activating group) is 2. The van der Waals surface area contributed by atoms with Crippen molar-refractivity contribution in [1.82, 2.24) is 30.3 Å². The van der Waals surface area contributed by atoms with Crippen molar-refractivity contribution in [3.63, 3.8) is 0 Å². The molecule has 3 fully saturated rings. The molecule has 3 aliphatic rings. The molecule has 3 saturated heterocycles. The van der Waals surface area contributed by atoms with Crippen LogP contribution in [0.25, 0.3) is 0 Å². The van der Waals surface area contributed by atoms with E-state index in [1.54, 1.807) is 22.5 Å². The number of thiocarbonyl (C=S) groups is 1. The summed E-state index contributed by atoms with van der Waals surface area (Å²) in [6.07, 6.45) is 1.74. The number of ether oxygens (including phenoxy) is 1. The standard InChI is InChI=1S/C23H38N6O3S2/c1-5-8-18-20-21(27(4)26-18)23(33)25-22(24-20)17-15-16(9-10-19(17)32-7-3)34(30,31)29-13-11-28(6-2)12-14-29/h9-10,15,18,20-22,24,26H,5-8,11-14H2,1-4H3,(H,25,33). The van der Waals surface area contributed by atoms with Crippen LogP contribution in [-0.2, 0) is 10.0 Å². The van der Waals surface area contributed by atoms with Crippen LogP contribution in [0.15, 0.2) is 23.1 Å². The Morgan fingerprint density at radius 1 is 1.15 bits per heavy atom. The molecule has 0 bridgehead atoms. The second-order valence-electron chi connectivity index (χ2n) is 9.19. The first-order chi connectivity index (χ1) is 16.3. The lowest BCUT2D eigenvalue weighted by Gasteiger charge is -2.39. The number of hydrogen-bond acceptors (Lipinski definition) is 8. The minimum absolute atomic E-state index is 0.0418. The van der Waals surface area contributed by atoms with E-state index in [1.165, 1.54) is 0 Å². The number of nitrogens with one attached hydrogen (secondary N) is 3. The Kier molecular flexibility index (Phi) is 8.13. The third kappa shape index (κ3) is 4.97. The van der Waals surface area contributed by atoms with Crippen LogP contribution in [0.3, 0.4) is 0 Å². The molecule has 34 heavy (non-hydrogen) atoms. The highest BCUT2D eigenvalue weighted by atomic mass is 32.2. The van der Waals surface area contributed by atoms with Gasteiger partial charge in [0, 0.05) is 50.9 Å². The SMILES string of the molecule is CCCC1NN(C)C2C(=S)NC(c3cc(S(=O)(=O)N4CCN(CC)CC4)ccc3OCC)NC12. The molecule has 3 aliphatic heterocycles. The summed E-state index contributed by atoms with van der Waals surface area (Å²) in [4.78, 5) is 3.30. The summed E-state index contributed by atoms with van der Waals surface area (Å²) in [5.74, 6) is 0.662. The molecule has 4 atom stereocenters. The maximum absolute atomic E-state index is 13.5. The van der Waals surface area contributed by atoms with Crippen molar-refractivity contribution in [2.45, 2.75) is 62.8 Å². The Hall–Kier alpha value is -1.34. The fourth-order valence-electron chi connectivity index (χ4n) is 5.25. The second kappa shape index (κ2) is 10.7. The molecule has 190 valence electrons. The molecule has 1 aromatic rings. The summed E-state index contributed by atoms with van der Waals surface area (Å²) in [6, 6.07) is 5.58. The molecule has 0 saturated carbocycles. The summed E-state index contributed by atoms with van der Waals surface area (Å²) >= 11 is 5.77. The lowest BCUT2D eigenvalue weighted by atomic mass is 9.95. The average molecular weight is 511 g/mol. The van der Waals surface area contributed by atoms with Crippen molar-refractivity contribution in [1.29, 1.82) is 0 Å². The summed E-state index contributed by atoms with van der Waals surface area (Å²) < 4.78 is 34.5. The number of nitrogens with zero attached hydrogens (tertiary/aromatic N) is 3. The van der Waals surface area contributed by atoms with Gasteiger partial charge in [0.1, 0.15) is 11.9 Å². The molecular formula is C23H38N6O3S2. The van der Waals surface area contributed by atoms with Gasteiger partial charge in [-0.3, -0.25) is 10.7 Å². The van der Waals surface area contributed by atoms with Gasteiger partial charge in [-0.2, -0.15) is 4.31 Å². The van der Waals surface area contributed by atoms with Crippen molar-refractivity contribution in [2.75, 3.05) is 46.4 Å². The van der Waals surface area contributed by atoms with Crippen LogP contribution in [0.4, 0.5) is 0 Å². The first-order valence-corrected chi connectivity index (χ1v) is 14.2. The van der Waals surface area contributed by atoms with Gasteiger partial charge in [-0.05, 0) is 38.1 Å². The number of piperazine rings is 1. The van der Waals surface area contributed by atoms with E-state index in [-0.39, 0.29) is 24.3 Å². The fraction of sp³-hybridized carbons (Fsp3) is 0.696. The van der Waals surface area contributed by atoms with Gasteiger partial charge in [0.05, 0.1) is 22.5 Å². The number of sulfonamides is 1. The van der Waals surface area contributed by atoms with Crippen LogP contribution in [-0.4, -0.2) is 92.1 Å². The molecule has 1 aromatic carbocycles. The average Bonchev–Trinajstić information content (AvgIpc) is 3.15. The minimum Gasteiger partial charge on any atom is -0.493 e. The van der Waals surface area contributed by atoms with Gasteiger partial charge in [0.2, 0.25) is 10.0 Å². The molecule has 3 N–H and O–H groups in total. The molecule has 0 aliphatic carbocycles. The van der Waals surface area contributed by atoms with E-state index in [0.29, 0.717) is 30.3 Å². The molecule has 11 heteroatoms. The van der Waals surface area contributed by atoms with Gasteiger partial charge in [0.25, 0.3) is 0 Å². The maximum atomic E-state index is 13.5. The highest BCUT2D eigenvalue weighted by Gasteiger charge is 2.46. The maximum Gasteiger partial charge on any atom is 0.243 e. The van der Waals surface area contributed by atoms with Crippen LogP contribution in [0.1, 0.15) is 45.3 Å². The zero-order valence-electron chi connectivity index (χ0n) is 20.6. The van der Waals surface area contributed by atoms with Crippen LogP contribution >= 0.6 is 12.2 Å². The second-order valence-corrected chi connectivity index (χ2v) is 11.6.